The van der Waals surface area contributed by atoms with E-state index in [2.05, 4.69) is 21.0 Å². The number of phosphoric acid groups is 1. The first-order valence-electron chi connectivity index (χ1n) is 12.3. The smallest absolute Gasteiger partial charge is 0.326 e. The second kappa shape index (κ2) is 17.7. The van der Waals surface area contributed by atoms with Crippen LogP contribution in [0.25, 0.3) is 0 Å². The lowest BCUT2D eigenvalue weighted by Gasteiger charge is -2.39. The van der Waals surface area contributed by atoms with E-state index < -0.39 is 7.82 Å². The van der Waals surface area contributed by atoms with Crippen molar-refractivity contribution in [1.82, 2.24) is 0 Å². The minimum atomic E-state index is -4.64. The Morgan fingerprint density at radius 3 is 1.45 bits per heavy atom. The van der Waals surface area contributed by atoms with Gasteiger partial charge in [0.1, 0.15) is 0 Å². The van der Waals surface area contributed by atoms with Crippen molar-refractivity contribution in [2.45, 2.75) is 129 Å². The van der Waals surface area contributed by atoms with Crippen LogP contribution >= 0.6 is 7.82 Å². The molecule has 29 heavy (non-hydrogen) atoms. The average molecular weight is 437 g/mol. The Morgan fingerprint density at radius 2 is 1.03 bits per heavy atom. The largest absolute Gasteiger partial charge is 0.466 e. The lowest BCUT2D eigenvalue weighted by atomic mass is 9.95. The Bertz CT molecular complexity index is 391. The molecule has 1 saturated carbocycles. The molecule has 5 nitrogen and oxygen atoms in total. The van der Waals surface area contributed by atoms with E-state index in [0.29, 0.717) is 0 Å². The predicted molar refractivity (Wildman–Crippen MR) is 124 cm³/mol. The molecule has 1 aliphatic carbocycles. The molecule has 0 saturated heterocycles. The van der Waals surface area contributed by atoms with Gasteiger partial charge < -0.3 is 19.2 Å². The van der Waals surface area contributed by atoms with Gasteiger partial charge in [-0.2, -0.15) is 0 Å². The molecule has 0 heterocycles. The van der Waals surface area contributed by atoms with Crippen LogP contribution in [0.2, 0.25) is 0 Å². The van der Waals surface area contributed by atoms with Crippen LogP contribution in [0.15, 0.2) is 0 Å². The van der Waals surface area contributed by atoms with Gasteiger partial charge in [0.15, 0.2) is 0 Å². The zero-order valence-electron chi connectivity index (χ0n) is 19.7. The van der Waals surface area contributed by atoms with E-state index in [0.717, 1.165) is 6.04 Å². The molecule has 0 aromatic carbocycles. The normalized spacial score (nSPS) is 18.3. The van der Waals surface area contributed by atoms with E-state index in [9.17, 15) is 0 Å². The molecule has 0 aromatic rings. The summed E-state index contributed by atoms with van der Waals surface area (Å²) in [5.74, 6) is 0. The molecule has 1 aliphatic rings. The summed E-state index contributed by atoms with van der Waals surface area (Å²) in [4.78, 5) is 21.6. The molecular formula is C23H51NO4P+. The molecule has 0 aliphatic heterocycles. The van der Waals surface area contributed by atoms with Crippen LogP contribution in [0.4, 0.5) is 0 Å². The van der Waals surface area contributed by atoms with Crippen LogP contribution in [0, 0.1) is 0 Å². The van der Waals surface area contributed by atoms with Crippen molar-refractivity contribution in [3.63, 3.8) is 0 Å². The number of unbranched alkanes of at least 4 members (excludes halogenated alkanes) is 6. The van der Waals surface area contributed by atoms with Gasteiger partial charge in [0.05, 0.1) is 26.7 Å². The molecule has 176 valence electrons. The summed E-state index contributed by atoms with van der Waals surface area (Å²) in [5, 5.41) is 0. The first kappa shape index (κ1) is 29.1. The molecule has 1 fully saturated rings. The fourth-order valence-electron chi connectivity index (χ4n) is 4.50. The zero-order chi connectivity index (χ0) is 22.0. The third-order valence-electron chi connectivity index (χ3n) is 6.40. The number of nitrogens with zero attached hydrogens (tertiary/aromatic N) is 1. The summed E-state index contributed by atoms with van der Waals surface area (Å²) in [7, 11) is 0.404. The fourth-order valence-corrected chi connectivity index (χ4v) is 4.50. The molecule has 0 spiro atoms. The van der Waals surface area contributed by atoms with Crippen LogP contribution in [0.5, 0.6) is 0 Å². The second-order valence-corrected chi connectivity index (χ2v) is 10.6. The summed E-state index contributed by atoms with van der Waals surface area (Å²) in [6.07, 6.45) is 26.4. The lowest BCUT2D eigenvalue weighted by molar-refractivity contribution is -0.916. The number of hydrogen-bond acceptors (Lipinski definition) is 1. The van der Waals surface area contributed by atoms with Crippen LogP contribution in [-0.4, -0.2) is 45.8 Å². The molecule has 1 rings (SSSR count). The summed E-state index contributed by atoms with van der Waals surface area (Å²) in [6.45, 7) is 3.71. The topological polar surface area (TPSA) is 77.8 Å². The fraction of sp³-hybridized carbons (Fsp3) is 1.00. The highest BCUT2D eigenvalue weighted by Gasteiger charge is 2.26. The van der Waals surface area contributed by atoms with Crippen LogP contribution in [0.3, 0.4) is 0 Å². The van der Waals surface area contributed by atoms with Gasteiger partial charge in [-0.15, -0.1) is 0 Å². The maximum Gasteiger partial charge on any atom is 0.466 e. The minimum Gasteiger partial charge on any atom is -0.326 e. The standard InChI is InChI=1S/C23H48N.H3O4P/c1-4-5-6-7-13-16-19-22-24(2,3)23-20-17-14-11-9-8-10-12-15-18-21-23;1-5(2,3)4/h23H,4-22H2,1-3H3;(H3,1,2,3,4)/q+1;. The Labute approximate surface area is 181 Å². The highest BCUT2D eigenvalue weighted by molar-refractivity contribution is 7.45. The first-order valence-corrected chi connectivity index (χ1v) is 13.8. The molecule has 0 amide bonds. The second-order valence-electron chi connectivity index (χ2n) is 9.55. The monoisotopic (exact) mass is 436 g/mol. The van der Waals surface area contributed by atoms with Crippen LogP contribution in [-0.2, 0) is 4.57 Å². The molecule has 6 heteroatoms. The van der Waals surface area contributed by atoms with Crippen molar-refractivity contribution in [1.29, 1.82) is 0 Å². The maximum atomic E-state index is 8.88. The van der Waals surface area contributed by atoms with E-state index in [4.69, 9.17) is 19.2 Å². The van der Waals surface area contributed by atoms with E-state index in [1.165, 1.54) is 127 Å². The highest BCUT2D eigenvalue weighted by Crippen LogP contribution is 2.26. The van der Waals surface area contributed by atoms with Gasteiger partial charge >= 0.3 is 7.82 Å². The van der Waals surface area contributed by atoms with Crippen molar-refractivity contribution in [3.8, 4) is 0 Å². The van der Waals surface area contributed by atoms with Gasteiger partial charge in [0, 0.05) is 0 Å². The number of quaternary nitrogens is 1. The SMILES string of the molecule is CCCCCCCCC[N+](C)(C)C1CCCCCCCCCCC1.O=P(O)(O)O. The van der Waals surface area contributed by atoms with Crippen LogP contribution < -0.4 is 0 Å². The Kier molecular flexibility index (Phi) is 17.8. The van der Waals surface area contributed by atoms with Crippen LogP contribution in [0.1, 0.15) is 122 Å². The summed E-state index contributed by atoms with van der Waals surface area (Å²) >= 11 is 0. The zero-order valence-corrected chi connectivity index (χ0v) is 20.6. The average Bonchev–Trinajstić information content (AvgIpc) is 2.60. The lowest BCUT2D eigenvalue weighted by Crippen LogP contribution is -2.49. The third-order valence-corrected chi connectivity index (χ3v) is 6.40. The van der Waals surface area contributed by atoms with Crippen molar-refractivity contribution in [2.75, 3.05) is 20.6 Å². The first-order chi connectivity index (χ1) is 13.7. The van der Waals surface area contributed by atoms with E-state index in [1.807, 2.05) is 0 Å². The van der Waals surface area contributed by atoms with Gasteiger partial charge in [-0.25, -0.2) is 4.57 Å². The molecule has 0 radical (unpaired) electrons. The molecule has 3 N–H and O–H groups in total. The molecule has 0 aromatic heterocycles. The van der Waals surface area contributed by atoms with E-state index in [1.54, 1.807) is 0 Å². The molecule has 0 unspecified atom stereocenters. The van der Waals surface area contributed by atoms with Crippen molar-refractivity contribution in [2.24, 2.45) is 0 Å². The predicted octanol–water partition coefficient (Wildman–Crippen LogP) is 6.56. The van der Waals surface area contributed by atoms with E-state index >= 15 is 0 Å². The highest BCUT2D eigenvalue weighted by atomic mass is 31.2. The summed E-state index contributed by atoms with van der Waals surface area (Å²) in [6, 6.07) is 0.921. The summed E-state index contributed by atoms with van der Waals surface area (Å²) < 4.78 is 10.2. The van der Waals surface area contributed by atoms with Crippen molar-refractivity contribution in [3.05, 3.63) is 0 Å². The Balaban J connectivity index is 0.00000139. The number of rotatable bonds is 9. The van der Waals surface area contributed by atoms with Crippen molar-refractivity contribution < 1.29 is 23.7 Å². The minimum absolute atomic E-state index is 0.921. The Hall–Kier alpha value is 0.0700. The van der Waals surface area contributed by atoms with Gasteiger partial charge in [-0.05, 0) is 38.5 Å². The Morgan fingerprint density at radius 1 is 0.690 bits per heavy atom. The van der Waals surface area contributed by atoms with Gasteiger partial charge in [-0.3, -0.25) is 0 Å². The van der Waals surface area contributed by atoms with Gasteiger partial charge in [0.25, 0.3) is 0 Å². The van der Waals surface area contributed by atoms with Crippen molar-refractivity contribution >= 4 is 7.82 Å². The maximum absolute atomic E-state index is 8.88. The molecule has 0 atom stereocenters. The molecule has 0 bridgehead atoms. The van der Waals surface area contributed by atoms with Gasteiger partial charge in [0.2, 0.25) is 0 Å². The van der Waals surface area contributed by atoms with Gasteiger partial charge in [-0.1, -0.05) is 84.0 Å². The number of hydrogen-bond donors (Lipinski definition) is 3. The quantitative estimate of drug-likeness (QED) is 0.217. The summed E-state index contributed by atoms with van der Waals surface area (Å²) in [5.41, 5.74) is 0. The molecular weight excluding hydrogens is 385 g/mol. The van der Waals surface area contributed by atoms with E-state index in [-0.39, 0.29) is 0 Å². The third kappa shape index (κ3) is 21.1.